The third-order valence-electron chi connectivity index (χ3n) is 1.76. The summed E-state index contributed by atoms with van der Waals surface area (Å²) >= 11 is 5.67. The van der Waals surface area contributed by atoms with E-state index in [1.54, 1.807) is 24.7 Å². The van der Waals surface area contributed by atoms with Crippen LogP contribution in [0.1, 0.15) is 0 Å². The van der Waals surface area contributed by atoms with Gasteiger partial charge < -0.3 is 10.1 Å². The lowest BCUT2D eigenvalue weighted by Gasteiger charge is -1.99. The minimum absolute atomic E-state index is 0.0776. The second-order valence-corrected chi connectivity index (χ2v) is 3.04. The number of halogens is 1. The van der Waals surface area contributed by atoms with Crippen LogP contribution in [-0.4, -0.2) is 15.1 Å². The van der Waals surface area contributed by atoms with Crippen LogP contribution in [0.3, 0.4) is 0 Å². The number of hydrogen-bond acceptors (Lipinski definition) is 2. The third-order valence-corrected chi connectivity index (χ3v) is 2.07. The summed E-state index contributed by atoms with van der Waals surface area (Å²) in [5, 5.41) is 9.68. The summed E-state index contributed by atoms with van der Waals surface area (Å²) in [5.74, 6) is 0.0776. The fourth-order valence-electron chi connectivity index (χ4n) is 1.09. The van der Waals surface area contributed by atoms with E-state index in [1.165, 1.54) is 0 Å². The van der Waals surface area contributed by atoms with Gasteiger partial charge in [0, 0.05) is 5.56 Å². The van der Waals surface area contributed by atoms with Crippen LogP contribution < -0.4 is 0 Å². The van der Waals surface area contributed by atoms with Crippen molar-refractivity contribution in [3.8, 4) is 17.0 Å². The summed E-state index contributed by atoms with van der Waals surface area (Å²) < 4.78 is 0. The highest BCUT2D eigenvalue weighted by atomic mass is 35.5. The monoisotopic (exact) mass is 194 g/mol. The maximum Gasteiger partial charge on any atom is 0.134 e. The van der Waals surface area contributed by atoms with Crippen molar-refractivity contribution in [1.82, 2.24) is 9.97 Å². The van der Waals surface area contributed by atoms with E-state index in [1.807, 2.05) is 6.07 Å². The standard InChI is InChI=1S/C9H7ClN2O/c10-7-2-1-6(3-9(7)13)8-4-11-5-12-8/h1-5,13H,(H,11,12). The number of aromatic nitrogens is 2. The van der Waals surface area contributed by atoms with Crippen molar-refractivity contribution in [2.75, 3.05) is 0 Å². The van der Waals surface area contributed by atoms with Crippen molar-refractivity contribution in [2.45, 2.75) is 0 Å². The van der Waals surface area contributed by atoms with Gasteiger partial charge in [-0.25, -0.2) is 4.98 Å². The molecule has 2 N–H and O–H groups in total. The van der Waals surface area contributed by atoms with Crippen LogP contribution >= 0.6 is 11.6 Å². The number of imidazole rings is 1. The summed E-state index contributed by atoms with van der Waals surface area (Å²) in [6.45, 7) is 0. The number of hydrogen-bond donors (Lipinski definition) is 2. The summed E-state index contributed by atoms with van der Waals surface area (Å²) in [4.78, 5) is 6.82. The normalized spacial score (nSPS) is 10.2. The second-order valence-electron chi connectivity index (χ2n) is 2.63. The van der Waals surface area contributed by atoms with Crippen LogP contribution in [0.15, 0.2) is 30.7 Å². The number of phenolic OH excluding ortho intramolecular Hbond substituents is 1. The predicted octanol–water partition coefficient (Wildman–Crippen LogP) is 2.44. The van der Waals surface area contributed by atoms with Crippen LogP contribution in [-0.2, 0) is 0 Å². The predicted molar refractivity (Wildman–Crippen MR) is 50.7 cm³/mol. The van der Waals surface area contributed by atoms with Crippen LogP contribution in [0, 0.1) is 0 Å². The number of nitrogens with one attached hydrogen (secondary N) is 1. The number of H-pyrrole nitrogens is 1. The van der Waals surface area contributed by atoms with Gasteiger partial charge in [-0.3, -0.25) is 0 Å². The molecule has 4 heteroatoms. The zero-order valence-electron chi connectivity index (χ0n) is 6.66. The molecule has 0 unspecified atom stereocenters. The molecule has 0 radical (unpaired) electrons. The molecule has 0 aliphatic carbocycles. The van der Waals surface area contributed by atoms with Gasteiger partial charge in [0.25, 0.3) is 0 Å². The molecule has 0 atom stereocenters. The van der Waals surface area contributed by atoms with E-state index >= 15 is 0 Å². The Morgan fingerprint density at radius 1 is 1.38 bits per heavy atom. The highest BCUT2D eigenvalue weighted by molar-refractivity contribution is 6.32. The quantitative estimate of drug-likeness (QED) is 0.733. The molecule has 0 saturated heterocycles. The number of aromatic hydroxyl groups is 1. The highest BCUT2D eigenvalue weighted by Crippen LogP contribution is 2.28. The van der Waals surface area contributed by atoms with Crippen molar-refractivity contribution < 1.29 is 5.11 Å². The van der Waals surface area contributed by atoms with Crippen molar-refractivity contribution in [1.29, 1.82) is 0 Å². The molecule has 2 aromatic rings. The highest BCUT2D eigenvalue weighted by Gasteiger charge is 2.02. The molecule has 0 spiro atoms. The van der Waals surface area contributed by atoms with E-state index in [0.29, 0.717) is 5.02 Å². The van der Waals surface area contributed by atoms with Gasteiger partial charge in [-0.2, -0.15) is 0 Å². The summed E-state index contributed by atoms with van der Waals surface area (Å²) in [5.41, 5.74) is 1.71. The van der Waals surface area contributed by atoms with Crippen molar-refractivity contribution in [2.24, 2.45) is 0 Å². The van der Waals surface area contributed by atoms with E-state index in [9.17, 15) is 5.11 Å². The Balaban J connectivity index is 2.49. The average Bonchev–Trinajstić information content (AvgIpc) is 2.62. The molecule has 1 aromatic carbocycles. The lowest BCUT2D eigenvalue weighted by molar-refractivity contribution is 0.476. The first-order valence-corrected chi connectivity index (χ1v) is 4.12. The Hall–Kier alpha value is -1.48. The van der Waals surface area contributed by atoms with Gasteiger partial charge in [-0.15, -0.1) is 0 Å². The molecular weight excluding hydrogens is 188 g/mol. The lowest BCUT2D eigenvalue weighted by atomic mass is 10.1. The lowest BCUT2D eigenvalue weighted by Crippen LogP contribution is -1.76. The molecule has 0 aliphatic rings. The zero-order valence-corrected chi connectivity index (χ0v) is 7.42. The zero-order chi connectivity index (χ0) is 9.26. The van der Waals surface area contributed by atoms with Crippen LogP contribution in [0.25, 0.3) is 11.3 Å². The molecular formula is C9H7ClN2O. The maximum atomic E-state index is 9.33. The molecule has 0 fully saturated rings. The van der Waals surface area contributed by atoms with Crippen molar-refractivity contribution in [3.63, 3.8) is 0 Å². The van der Waals surface area contributed by atoms with Gasteiger partial charge in [0.15, 0.2) is 0 Å². The molecule has 1 aromatic heterocycles. The molecule has 66 valence electrons. The molecule has 0 aliphatic heterocycles. The topological polar surface area (TPSA) is 48.9 Å². The van der Waals surface area contributed by atoms with Gasteiger partial charge in [0.2, 0.25) is 0 Å². The van der Waals surface area contributed by atoms with Gasteiger partial charge in [-0.1, -0.05) is 17.7 Å². The molecule has 2 rings (SSSR count). The van der Waals surface area contributed by atoms with Gasteiger partial charge >= 0.3 is 0 Å². The van der Waals surface area contributed by atoms with E-state index in [0.717, 1.165) is 11.3 Å². The number of aromatic amines is 1. The Kier molecular flexibility index (Phi) is 1.94. The first-order valence-electron chi connectivity index (χ1n) is 3.74. The average molecular weight is 195 g/mol. The Morgan fingerprint density at radius 2 is 2.23 bits per heavy atom. The SMILES string of the molecule is Oc1cc(-c2cnc[nH]2)ccc1Cl. The van der Waals surface area contributed by atoms with Crippen LogP contribution in [0.2, 0.25) is 5.02 Å². The second kappa shape index (κ2) is 3.11. The minimum Gasteiger partial charge on any atom is -0.506 e. The first-order chi connectivity index (χ1) is 6.27. The van der Waals surface area contributed by atoms with Crippen molar-refractivity contribution >= 4 is 11.6 Å². The van der Waals surface area contributed by atoms with Crippen LogP contribution in [0.4, 0.5) is 0 Å². The minimum atomic E-state index is 0.0776. The summed E-state index contributed by atoms with van der Waals surface area (Å²) in [6.07, 6.45) is 3.27. The van der Waals surface area contributed by atoms with E-state index in [2.05, 4.69) is 9.97 Å². The third kappa shape index (κ3) is 1.51. The first kappa shape index (κ1) is 8.13. The fourth-order valence-corrected chi connectivity index (χ4v) is 1.21. The Bertz CT molecular complexity index is 412. The number of benzene rings is 1. The van der Waals surface area contributed by atoms with E-state index < -0.39 is 0 Å². The molecule has 13 heavy (non-hydrogen) atoms. The number of phenols is 1. The molecule has 1 heterocycles. The Labute approximate surface area is 80.0 Å². The Morgan fingerprint density at radius 3 is 2.85 bits per heavy atom. The van der Waals surface area contributed by atoms with Crippen molar-refractivity contribution in [3.05, 3.63) is 35.7 Å². The van der Waals surface area contributed by atoms with E-state index in [-0.39, 0.29) is 5.75 Å². The molecule has 0 saturated carbocycles. The molecule has 3 nitrogen and oxygen atoms in total. The van der Waals surface area contributed by atoms with Gasteiger partial charge in [-0.05, 0) is 12.1 Å². The largest absolute Gasteiger partial charge is 0.506 e. The number of rotatable bonds is 1. The van der Waals surface area contributed by atoms with Gasteiger partial charge in [0.1, 0.15) is 5.75 Å². The van der Waals surface area contributed by atoms with Crippen LogP contribution in [0.5, 0.6) is 5.75 Å². The summed E-state index contributed by atoms with van der Waals surface area (Å²) in [7, 11) is 0. The van der Waals surface area contributed by atoms with Gasteiger partial charge in [0.05, 0.1) is 23.2 Å². The fraction of sp³-hybridized carbons (Fsp3) is 0. The van der Waals surface area contributed by atoms with E-state index in [4.69, 9.17) is 11.6 Å². The smallest absolute Gasteiger partial charge is 0.134 e. The number of nitrogens with zero attached hydrogens (tertiary/aromatic N) is 1. The summed E-state index contributed by atoms with van der Waals surface area (Å²) in [6, 6.07) is 5.05. The molecule has 0 bridgehead atoms. The maximum absolute atomic E-state index is 9.33. The molecule has 0 amide bonds.